The molecule has 0 aromatic heterocycles. The van der Waals surface area contributed by atoms with Gasteiger partial charge in [0.25, 0.3) is 0 Å². The van der Waals surface area contributed by atoms with Gasteiger partial charge < -0.3 is 19.7 Å². The maximum Gasteiger partial charge on any atom is 0.227 e. The Bertz CT molecular complexity index is 721. The molecule has 6 heteroatoms. The molecule has 0 bridgehead atoms. The summed E-state index contributed by atoms with van der Waals surface area (Å²) in [6.45, 7) is 2.23. The summed E-state index contributed by atoms with van der Waals surface area (Å²) in [6, 6.07) is 15.5. The first-order valence-corrected chi connectivity index (χ1v) is 8.49. The standard InChI is InChI=1S/C20H24N2O3.ClH/c1-24-16-9-7-15(8-10-16)13-20(23)22-12-11-21-14-18(22)17-5-3-4-6-19(17)25-2;/h3-10,18,21H,11-14H2,1-2H3;1H. The summed E-state index contributed by atoms with van der Waals surface area (Å²) < 4.78 is 10.7. The van der Waals surface area contributed by atoms with Gasteiger partial charge in [-0.2, -0.15) is 0 Å². The zero-order valence-corrected chi connectivity index (χ0v) is 15.9. The lowest BCUT2D eigenvalue weighted by Crippen LogP contribution is -2.49. The summed E-state index contributed by atoms with van der Waals surface area (Å²) in [5.41, 5.74) is 2.03. The summed E-state index contributed by atoms with van der Waals surface area (Å²) in [5, 5.41) is 3.38. The number of nitrogens with zero attached hydrogens (tertiary/aromatic N) is 1. The molecule has 2 aromatic carbocycles. The van der Waals surface area contributed by atoms with Crippen LogP contribution in [0.2, 0.25) is 0 Å². The summed E-state index contributed by atoms with van der Waals surface area (Å²) in [4.78, 5) is 14.9. The number of halogens is 1. The molecule has 140 valence electrons. The second-order valence-electron chi connectivity index (χ2n) is 6.07. The summed E-state index contributed by atoms with van der Waals surface area (Å²) in [5.74, 6) is 1.74. The van der Waals surface area contributed by atoms with Crippen molar-refractivity contribution in [1.82, 2.24) is 10.2 Å². The lowest BCUT2D eigenvalue weighted by molar-refractivity contribution is -0.133. The number of para-hydroxylation sites is 1. The van der Waals surface area contributed by atoms with Crippen molar-refractivity contribution < 1.29 is 14.3 Å². The Hall–Kier alpha value is -2.24. The fourth-order valence-electron chi connectivity index (χ4n) is 3.24. The average molecular weight is 377 g/mol. The number of piperazine rings is 1. The third-order valence-electron chi connectivity index (χ3n) is 4.58. The van der Waals surface area contributed by atoms with Gasteiger partial charge in [0, 0.05) is 25.2 Å². The number of carbonyl (C=O) groups excluding carboxylic acids is 1. The predicted molar refractivity (Wildman–Crippen MR) is 104 cm³/mol. The Labute approximate surface area is 160 Å². The Kier molecular flexibility index (Phi) is 7.30. The molecular formula is C20H25ClN2O3. The topological polar surface area (TPSA) is 50.8 Å². The van der Waals surface area contributed by atoms with E-state index in [0.717, 1.165) is 35.7 Å². The number of benzene rings is 2. The van der Waals surface area contributed by atoms with Crippen molar-refractivity contribution >= 4 is 18.3 Å². The van der Waals surface area contributed by atoms with Gasteiger partial charge in [-0.25, -0.2) is 0 Å². The van der Waals surface area contributed by atoms with Gasteiger partial charge in [0.05, 0.1) is 26.7 Å². The molecule has 0 spiro atoms. The Morgan fingerprint density at radius 3 is 2.54 bits per heavy atom. The smallest absolute Gasteiger partial charge is 0.227 e. The molecule has 0 radical (unpaired) electrons. The van der Waals surface area contributed by atoms with E-state index in [-0.39, 0.29) is 24.4 Å². The minimum atomic E-state index is -0.0179. The van der Waals surface area contributed by atoms with Gasteiger partial charge in [-0.3, -0.25) is 4.79 Å². The van der Waals surface area contributed by atoms with Crippen molar-refractivity contribution in [3.63, 3.8) is 0 Å². The largest absolute Gasteiger partial charge is 0.497 e. The molecule has 1 fully saturated rings. The highest BCUT2D eigenvalue weighted by atomic mass is 35.5. The van der Waals surface area contributed by atoms with E-state index in [4.69, 9.17) is 9.47 Å². The zero-order valence-electron chi connectivity index (χ0n) is 15.1. The van der Waals surface area contributed by atoms with Crippen LogP contribution in [0.25, 0.3) is 0 Å². The molecular weight excluding hydrogens is 352 g/mol. The van der Waals surface area contributed by atoms with Crippen LogP contribution in [0.3, 0.4) is 0 Å². The van der Waals surface area contributed by atoms with Gasteiger partial charge in [-0.05, 0) is 23.8 Å². The SMILES string of the molecule is COc1ccc(CC(=O)N2CCNCC2c2ccccc2OC)cc1.Cl. The highest BCUT2D eigenvalue weighted by Crippen LogP contribution is 2.30. The quantitative estimate of drug-likeness (QED) is 0.871. The fraction of sp³-hybridized carbons (Fsp3) is 0.350. The number of hydrogen-bond acceptors (Lipinski definition) is 4. The summed E-state index contributed by atoms with van der Waals surface area (Å²) in [6.07, 6.45) is 0.385. The minimum Gasteiger partial charge on any atom is -0.497 e. The summed E-state index contributed by atoms with van der Waals surface area (Å²) >= 11 is 0. The van der Waals surface area contributed by atoms with Crippen LogP contribution >= 0.6 is 12.4 Å². The van der Waals surface area contributed by atoms with E-state index in [2.05, 4.69) is 5.32 Å². The van der Waals surface area contributed by atoms with Gasteiger partial charge in [0.1, 0.15) is 11.5 Å². The molecule has 1 aliphatic heterocycles. The molecule has 1 N–H and O–H groups in total. The molecule has 0 aliphatic carbocycles. The van der Waals surface area contributed by atoms with Crippen molar-refractivity contribution in [3.8, 4) is 11.5 Å². The maximum absolute atomic E-state index is 12.9. The van der Waals surface area contributed by atoms with Crippen LogP contribution in [0.1, 0.15) is 17.2 Å². The van der Waals surface area contributed by atoms with Crippen LogP contribution in [-0.2, 0) is 11.2 Å². The van der Waals surface area contributed by atoms with Crippen LogP contribution in [0.15, 0.2) is 48.5 Å². The first-order valence-electron chi connectivity index (χ1n) is 8.49. The van der Waals surface area contributed by atoms with Crippen molar-refractivity contribution in [2.45, 2.75) is 12.5 Å². The number of carbonyl (C=O) groups is 1. The van der Waals surface area contributed by atoms with Crippen LogP contribution in [0.4, 0.5) is 0 Å². The highest BCUT2D eigenvalue weighted by Gasteiger charge is 2.29. The minimum absolute atomic E-state index is 0. The fourth-order valence-corrected chi connectivity index (χ4v) is 3.24. The van der Waals surface area contributed by atoms with Gasteiger partial charge in [-0.1, -0.05) is 30.3 Å². The molecule has 26 heavy (non-hydrogen) atoms. The lowest BCUT2D eigenvalue weighted by atomic mass is 10.0. The molecule has 1 aliphatic rings. The molecule has 5 nitrogen and oxygen atoms in total. The van der Waals surface area contributed by atoms with E-state index in [9.17, 15) is 4.79 Å². The molecule has 1 saturated heterocycles. The monoisotopic (exact) mass is 376 g/mol. The first kappa shape index (κ1) is 20.1. The Morgan fingerprint density at radius 2 is 1.85 bits per heavy atom. The maximum atomic E-state index is 12.9. The number of methoxy groups -OCH3 is 2. The Morgan fingerprint density at radius 1 is 1.12 bits per heavy atom. The van der Waals surface area contributed by atoms with Crippen LogP contribution in [-0.4, -0.2) is 44.7 Å². The second kappa shape index (κ2) is 9.46. The van der Waals surface area contributed by atoms with E-state index in [0.29, 0.717) is 13.0 Å². The highest BCUT2D eigenvalue weighted by molar-refractivity contribution is 5.85. The lowest BCUT2D eigenvalue weighted by Gasteiger charge is -2.37. The molecule has 2 aromatic rings. The molecule has 1 unspecified atom stereocenters. The van der Waals surface area contributed by atoms with Crippen molar-refractivity contribution in [2.75, 3.05) is 33.9 Å². The Balaban J connectivity index is 0.00000243. The molecule has 1 heterocycles. The van der Waals surface area contributed by atoms with E-state index < -0.39 is 0 Å². The molecule has 1 atom stereocenters. The zero-order chi connectivity index (χ0) is 17.6. The van der Waals surface area contributed by atoms with Crippen LogP contribution in [0.5, 0.6) is 11.5 Å². The number of rotatable bonds is 5. The van der Waals surface area contributed by atoms with Gasteiger partial charge >= 0.3 is 0 Å². The predicted octanol–water partition coefficient (Wildman–Crippen LogP) is 2.84. The molecule has 0 saturated carbocycles. The van der Waals surface area contributed by atoms with E-state index >= 15 is 0 Å². The van der Waals surface area contributed by atoms with Crippen molar-refractivity contribution in [3.05, 3.63) is 59.7 Å². The molecule has 1 amide bonds. The number of hydrogen-bond donors (Lipinski definition) is 1. The van der Waals surface area contributed by atoms with Crippen LogP contribution < -0.4 is 14.8 Å². The third-order valence-corrected chi connectivity index (χ3v) is 4.58. The molecule has 3 rings (SSSR count). The number of amides is 1. The first-order chi connectivity index (χ1) is 12.2. The van der Waals surface area contributed by atoms with Crippen LogP contribution in [0, 0.1) is 0 Å². The van der Waals surface area contributed by atoms with E-state index in [1.54, 1.807) is 14.2 Å². The van der Waals surface area contributed by atoms with E-state index in [1.165, 1.54) is 0 Å². The van der Waals surface area contributed by atoms with Crippen molar-refractivity contribution in [1.29, 1.82) is 0 Å². The van der Waals surface area contributed by atoms with Gasteiger partial charge in [0.2, 0.25) is 5.91 Å². The van der Waals surface area contributed by atoms with Gasteiger partial charge in [0.15, 0.2) is 0 Å². The van der Waals surface area contributed by atoms with E-state index in [1.807, 2.05) is 53.4 Å². The van der Waals surface area contributed by atoms with Gasteiger partial charge in [-0.15, -0.1) is 12.4 Å². The summed E-state index contributed by atoms with van der Waals surface area (Å²) in [7, 11) is 3.30. The van der Waals surface area contributed by atoms with Crippen molar-refractivity contribution in [2.24, 2.45) is 0 Å². The average Bonchev–Trinajstić information content (AvgIpc) is 2.68. The third kappa shape index (κ3) is 4.48. The normalized spacial score (nSPS) is 16.5. The second-order valence-corrected chi connectivity index (χ2v) is 6.07. The number of nitrogens with one attached hydrogen (secondary N) is 1. The number of ether oxygens (including phenoxy) is 2.